The normalized spacial score (nSPS) is 11.3. The number of hydrogen-bond donors (Lipinski definition) is 2. The summed E-state index contributed by atoms with van der Waals surface area (Å²) in [6.07, 6.45) is 1.43. The van der Waals surface area contributed by atoms with Gasteiger partial charge in [0.1, 0.15) is 0 Å². The van der Waals surface area contributed by atoms with Crippen molar-refractivity contribution in [1.82, 2.24) is 10.0 Å². The molecule has 0 radical (unpaired) electrons. The maximum Gasteiger partial charge on any atom is 0.220 e. The molecule has 112 valence electrons. The first-order valence-electron chi connectivity index (χ1n) is 5.97. The van der Waals surface area contributed by atoms with Crippen molar-refractivity contribution < 1.29 is 13.2 Å². The molecule has 0 saturated heterocycles. The number of thioether (sulfide) groups is 1. The smallest absolute Gasteiger partial charge is 0.220 e. The Hall–Kier alpha value is -0.760. The molecule has 0 aliphatic carbocycles. The van der Waals surface area contributed by atoms with Gasteiger partial charge in [-0.1, -0.05) is 23.7 Å². The van der Waals surface area contributed by atoms with Gasteiger partial charge in [0.05, 0.1) is 11.3 Å². The van der Waals surface area contributed by atoms with Gasteiger partial charge in [-0.25, -0.2) is 13.1 Å². The highest BCUT2D eigenvalue weighted by Gasteiger charge is 2.04. The summed E-state index contributed by atoms with van der Waals surface area (Å²) in [4.78, 5) is 12.5. The van der Waals surface area contributed by atoms with E-state index in [1.165, 1.54) is 11.8 Å². The third-order valence-electron chi connectivity index (χ3n) is 2.23. The molecule has 1 aromatic rings. The topological polar surface area (TPSA) is 75.3 Å². The molecule has 20 heavy (non-hydrogen) atoms. The number of rotatable bonds is 8. The summed E-state index contributed by atoms with van der Waals surface area (Å²) in [5.74, 6) is 0.509. The fraction of sp³-hybridized carbons (Fsp3) is 0.417. The lowest BCUT2D eigenvalue weighted by molar-refractivity contribution is -0.120. The average molecular weight is 337 g/mol. The SMILES string of the molecule is CS(=O)(=O)NCCNC(=O)CCSc1ccccc1Cl. The van der Waals surface area contributed by atoms with Crippen molar-refractivity contribution in [1.29, 1.82) is 0 Å². The van der Waals surface area contributed by atoms with Crippen LogP contribution < -0.4 is 10.0 Å². The Morgan fingerprint density at radius 1 is 1.30 bits per heavy atom. The molecule has 1 aromatic carbocycles. The van der Waals surface area contributed by atoms with Crippen molar-refractivity contribution >= 4 is 39.3 Å². The summed E-state index contributed by atoms with van der Waals surface area (Å²) in [5.41, 5.74) is 0. The van der Waals surface area contributed by atoms with Crippen LogP contribution in [-0.2, 0) is 14.8 Å². The molecule has 0 aromatic heterocycles. The minimum atomic E-state index is -3.20. The molecule has 8 heteroatoms. The summed E-state index contributed by atoms with van der Waals surface area (Å²) in [5, 5.41) is 3.32. The van der Waals surface area contributed by atoms with Crippen molar-refractivity contribution in [3.63, 3.8) is 0 Å². The molecule has 0 aliphatic rings. The highest BCUT2D eigenvalue weighted by molar-refractivity contribution is 7.99. The lowest BCUT2D eigenvalue weighted by Crippen LogP contribution is -2.34. The van der Waals surface area contributed by atoms with E-state index in [2.05, 4.69) is 10.0 Å². The molecule has 0 saturated carbocycles. The predicted octanol–water partition coefficient (Wildman–Crippen LogP) is 1.49. The molecule has 1 rings (SSSR count). The molecule has 0 spiro atoms. The van der Waals surface area contributed by atoms with Crippen molar-refractivity contribution in [3.8, 4) is 0 Å². The number of hydrogen-bond acceptors (Lipinski definition) is 4. The first-order valence-corrected chi connectivity index (χ1v) is 9.22. The summed E-state index contributed by atoms with van der Waals surface area (Å²) in [6.45, 7) is 0.477. The fourth-order valence-corrected chi connectivity index (χ4v) is 3.00. The third-order valence-corrected chi connectivity index (χ3v) is 4.48. The maximum absolute atomic E-state index is 11.5. The second-order valence-electron chi connectivity index (χ2n) is 4.05. The van der Waals surface area contributed by atoms with Crippen LogP contribution >= 0.6 is 23.4 Å². The van der Waals surface area contributed by atoms with E-state index >= 15 is 0 Å². The van der Waals surface area contributed by atoms with E-state index in [4.69, 9.17) is 11.6 Å². The Balaban J connectivity index is 2.16. The van der Waals surface area contributed by atoms with Crippen molar-refractivity contribution in [2.75, 3.05) is 25.1 Å². The summed E-state index contributed by atoms with van der Waals surface area (Å²) in [7, 11) is -3.20. The molecule has 0 aliphatic heterocycles. The van der Waals surface area contributed by atoms with Gasteiger partial charge in [-0.2, -0.15) is 0 Å². The summed E-state index contributed by atoms with van der Waals surface area (Å²) >= 11 is 7.51. The van der Waals surface area contributed by atoms with Crippen LogP contribution in [0, 0.1) is 0 Å². The molecular formula is C12H17ClN2O3S2. The Morgan fingerprint density at radius 3 is 2.65 bits per heavy atom. The highest BCUT2D eigenvalue weighted by Crippen LogP contribution is 2.26. The van der Waals surface area contributed by atoms with E-state index in [1.807, 2.05) is 18.2 Å². The molecule has 0 bridgehead atoms. The quantitative estimate of drug-likeness (QED) is 0.557. The van der Waals surface area contributed by atoms with Gasteiger partial charge in [0.25, 0.3) is 0 Å². The van der Waals surface area contributed by atoms with Crippen LogP contribution in [0.3, 0.4) is 0 Å². The van der Waals surface area contributed by atoms with Gasteiger partial charge in [0.2, 0.25) is 15.9 Å². The van der Waals surface area contributed by atoms with E-state index in [1.54, 1.807) is 6.07 Å². The number of halogens is 1. The van der Waals surface area contributed by atoms with Gasteiger partial charge >= 0.3 is 0 Å². The third kappa shape index (κ3) is 7.74. The van der Waals surface area contributed by atoms with E-state index in [9.17, 15) is 13.2 Å². The van der Waals surface area contributed by atoms with E-state index in [0.29, 0.717) is 17.2 Å². The number of carbonyl (C=O) groups is 1. The maximum atomic E-state index is 11.5. The number of amides is 1. The zero-order valence-electron chi connectivity index (χ0n) is 11.1. The minimum absolute atomic E-state index is 0.111. The minimum Gasteiger partial charge on any atom is -0.355 e. The number of nitrogens with one attached hydrogen (secondary N) is 2. The van der Waals surface area contributed by atoms with Crippen molar-refractivity contribution in [2.24, 2.45) is 0 Å². The van der Waals surface area contributed by atoms with Crippen LogP contribution in [0.1, 0.15) is 6.42 Å². The molecule has 1 amide bonds. The number of sulfonamides is 1. The molecule has 2 N–H and O–H groups in total. The Bertz CT molecular complexity index is 549. The zero-order valence-corrected chi connectivity index (χ0v) is 13.4. The van der Waals surface area contributed by atoms with E-state index < -0.39 is 10.0 Å². The molecule has 0 heterocycles. The Morgan fingerprint density at radius 2 is 2.00 bits per heavy atom. The van der Waals surface area contributed by atoms with E-state index in [-0.39, 0.29) is 19.0 Å². The summed E-state index contributed by atoms with van der Waals surface area (Å²) in [6, 6.07) is 7.46. The highest BCUT2D eigenvalue weighted by atomic mass is 35.5. The number of benzene rings is 1. The van der Waals surface area contributed by atoms with Gasteiger partial charge in [0, 0.05) is 30.2 Å². The standard InChI is InChI=1S/C12H17ClN2O3S2/c1-20(17,18)15-8-7-14-12(16)6-9-19-11-5-3-2-4-10(11)13/h2-5,15H,6-9H2,1H3,(H,14,16). The van der Waals surface area contributed by atoms with Gasteiger partial charge in [-0.3, -0.25) is 4.79 Å². The van der Waals surface area contributed by atoms with Gasteiger partial charge < -0.3 is 5.32 Å². The molecular weight excluding hydrogens is 320 g/mol. The predicted molar refractivity (Wildman–Crippen MR) is 82.6 cm³/mol. The van der Waals surface area contributed by atoms with Crippen LogP contribution in [0.2, 0.25) is 5.02 Å². The molecule has 0 atom stereocenters. The lowest BCUT2D eigenvalue weighted by Gasteiger charge is -2.06. The van der Waals surface area contributed by atoms with Gasteiger partial charge in [-0.15, -0.1) is 11.8 Å². The van der Waals surface area contributed by atoms with Crippen molar-refractivity contribution in [2.45, 2.75) is 11.3 Å². The first-order chi connectivity index (χ1) is 9.38. The first kappa shape index (κ1) is 17.3. The number of carbonyl (C=O) groups excluding carboxylic acids is 1. The van der Waals surface area contributed by atoms with Crippen LogP contribution in [0.5, 0.6) is 0 Å². The fourth-order valence-electron chi connectivity index (χ4n) is 1.34. The molecule has 0 unspecified atom stereocenters. The molecule has 5 nitrogen and oxygen atoms in total. The average Bonchev–Trinajstić information content (AvgIpc) is 2.36. The van der Waals surface area contributed by atoms with Crippen LogP contribution in [0.25, 0.3) is 0 Å². The van der Waals surface area contributed by atoms with Crippen molar-refractivity contribution in [3.05, 3.63) is 29.3 Å². The van der Waals surface area contributed by atoms with E-state index in [0.717, 1.165) is 11.2 Å². The van der Waals surface area contributed by atoms with Crippen LogP contribution in [0.15, 0.2) is 29.2 Å². The van der Waals surface area contributed by atoms with Gasteiger partial charge in [0.15, 0.2) is 0 Å². The van der Waals surface area contributed by atoms with Gasteiger partial charge in [-0.05, 0) is 12.1 Å². The Labute approximate surface area is 128 Å². The monoisotopic (exact) mass is 336 g/mol. The largest absolute Gasteiger partial charge is 0.355 e. The van der Waals surface area contributed by atoms with Crippen LogP contribution in [-0.4, -0.2) is 39.4 Å². The zero-order chi connectivity index (χ0) is 15.0. The lowest BCUT2D eigenvalue weighted by atomic mass is 10.4. The Kier molecular flexibility index (Phi) is 7.36. The second-order valence-corrected chi connectivity index (χ2v) is 7.42. The summed E-state index contributed by atoms with van der Waals surface area (Å²) < 4.78 is 23.9. The molecule has 0 fully saturated rings. The van der Waals surface area contributed by atoms with Crippen LogP contribution in [0.4, 0.5) is 0 Å². The second kappa shape index (κ2) is 8.51.